The molecule has 0 amide bonds. The number of aliphatic hydroxyl groups excluding tert-OH is 1. The second-order valence-electron chi connectivity index (χ2n) is 6.75. The Hall–Kier alpha value is -0.170. The molecule has 20 heavy (non-hydrogen) atoms. The summed E-state index contributed by atoms with van der Waals surface area (Å²) < 4.78 is 24.5. The maximum absolute atomic E-state index is 11.5. The predicted molar refractivity (Wildman–Crippen MR) is 79.9 cm³/mol. The third-order valence-electron chi connectivity index (χ3n) is 4.91. The zero-order chi connectivity index (χ0) is 14.9. The van der Waals surface area contributed by atoms with Crippen LogP contribution in [-0.4, -0.2) is 67.8 Å². The highest BCUT2D eigenvalue weighted by Gasteiger charge is 2.34. The zero-order valence-electron chi connectivity index (χ0n) is 12.8. The summed E-state index contributed by atoms with van der Waals surface area (Å²) in [5.74, 6) is 1.48. The summed E-state index contributed by atoms with van der Waals surface area (Å²) in [5, 5.41) is 10.3. The van der Waals surface area contributed by atoms with Crippen molar-refractivity contribution in [1.29, 1.82) is 0 Å². The zero-order valence-corrected chi connectivity index (χ0v) is 13.6. The number of hydrogen-bond acceptors (Lipinski definition) is 4. The van der Waals surface area contributed by atoms with Crippen molar-refractivity contribution in [2.24, 2.45) is 17.8 Å². The lowest BCUT2D eigenvalue weighted by Crippen LogP contribution is -2.51. The van der Waals surface area contributed by atoms with Crippen LogP contribution in [0.4, 0.5) is 0 Å². The van der Waals surface area contributed by atoms with Crippen molar-refractivity contribution in [2.45, 2.75) is 32.8 Å². The summed E-state index contributed by atoms with van der Waals surface area (Å²) in [6.45, 7) is 8.04. The summed E-state index contributed by atoms with van der Waals surface area (Å²) in [6.07, 6.45) is 3.15. The van der Waals surface area contributed by atoms with Crippen LogP contribution in [0.1, 0.15) is 26.7 Å². The number of nitrogens with zero attached hydrogens (tertiary/aromatic N) is 2. The van der Waals surface area contributed by atoms with Gasteiger partial charge in [-0.1, -0.05) is 13.8 Å². The highest BCUT2D eigenvalue weighted by atomic mass is 32.2. The van der Waals surface area contributed by atoms with Crippen molar-refractivity contribution >= 4 is 10.0 Å². The monoisotopic (exact) mass is 304 g/mol. The molecule has 0 bridgehead atoms. The van der Waals surface area contributed by atoms with Crippen molar-refractivity contribution in [2.75, 3.05) is 39.0 Å². The fourth-order valence-corrected chi connectivity index (χ4v) is 4.54. The van der Waals surface area contributed by atoms with Crippen LogP contribution in [0.2, 0.25) is 0 Å². The Labute approximate surface area is 123 Å². The molecule has 4 unspecified atom stereocenters. The highest BCUT2D eigenvalue weighted by molar-refractivity contribution is 7.88. The van der Waals surface area contributed by atoms with Gasteiger partial charge < -0.3 is 10.0 Å². The van der Waals surface area contributed by atoms with E-state index in [1.54, 1.807) is 4.31 Å². The normalized spacial score (nSPS) is 38.0. The summed E-state index contributed by atoms with van der Waals surface area (Å²) >= 11 is 0. The Bertz CT molecular complexity index is 406. The first kappa shape index (κ1) is 16.2. The van der Waals surface area contributed by atoms with Gasteiger partial charge in [-0.25, -0.2) is 8.42 Å². The Morgan fingerprint density at radius 1 is 1.10 bits per heavy atom. The van der Waals surface area contributed by atoms with E-state index in [9.17, 15) is 13.5 Å². The SMILES string of the molecule is CC1CC(C)C(CN2CCN(S(C)(=O)=O)CC2)C(O)C1. The van der Waals surface area contributed by atoms with Crippen LogP contribution < -0.4 is 0 Å². The van der Waals surface area contributed by atoms with Crippen molar-refractivity contribution in [3.63, 3.8) is 0 Å². The van der Waals surface area contributed by atoms with Gasteiger partial charge in [0.1, 0.15) is 0 Å². The second kappa shape index (κ2) is 6.30. The predicted octanol–water partition coefficient (Wildman–Crippen LogP) is 0.607. The van der Waals surface area contributed by atoms with Crippen LogP contribution in [-0.2, 0) is 10.0 Å². The van der Waals surface area contributed by atoms with E-state index in [-0.39, 0.29) is 6.10 Å². The van der Waals surface area contributed by atoms with E-state index in [1.807, 2.05) is 0 Å². The van der Waals surface area contributed by atoms with Crippen LogP contribution >= 0.6 is 0 Å². The minimum atomic E-state index is -3.05. The number of rotatable bonds is 3. The molecule has 118 valence electrons. The molecule has 0 aromatic heterocycles. The number of aliphatic hydroxyl groups is 1. The lowest BCUT2D eigenvalue weighted by Gasteiger charge is -2.41. The van der Waals surface area contributed by atoms with Gasteiger partial charge in [0.25, 0.3) is 0 Å². The minimum Gasteiger partial charge on any atom is -0.393 e. The molecular formula is C14H28N2O3S. The minimum absolute atomic E-state index is 0.207. The lowest BCUT2D eigenvalue weighted by molar-refractivity contribution is -0.00616. The Morgan fingerprint density at radius 2 is 1.70 bits per heavy atom. The lowest BCUT2D eigenvalue weighted by atomic mass is 9.73. The summed E-state index contributed by atoms with van der Waals surface area (Å²) in [6, 6.07) is 0. The molecule has 0 aromatic carbocycles. The summed E-state index contributed by atoms with van der Waals surface area (Å²) in [7, 11) is -3.05. The Balaban J connectivity index is 1.86. The van der Waals surface area contributed by atoms with E-state index in [4.69, 9.17) is 0 Å². The van der Waals surface area contributed by atoms with E-state index in [0.29, 0.717) is 30.8 Å². The summed E-state index contributed by atoms with van der Waals surface area (Å²) in [5.41, 5.74) is 0. The topological polar surface area (TPSA) is 60.9 Å². The van der Waals surface area contributed by atoms with Gasteiger partial charge in [-0.15, -0.1) is 0 Å². The van der Waals surface area contributed by atoms with Gasteiger partial charge in [-0.05, 0) is 24.7 Å². The molecule has 0 aromatic rings. The average molecular weight is 304 g/mol. The molecule has 1 aliphatic heterocycles. The first-order valence-electron chi connectivity index (χ1n) is 7.63. The number of sulfonamides is 1. The molecule has 1 heterocycles. The Kier molecular flexibility index (Phi) is 5.10. The van der Waals surface area contributed by atoms with Crippen LogP contribution in [0.3, 0.4) is 0 Å². The van der Waals surface area contributed by atoms with E-state index < -0.39 is 10.0 Å². The van der Waals surface area contributed by atoms with Gasteiger partial charge in [-0.2, -0.15) is 4.31 Å². The molecule has 1 saturated heterocycles. The van der Waals surface area contributed by atoms with Gasteiger partial charge in [0.15, 0.2) is 0 Å². The van der Waals surface area contributed by atoms with Gasteiger partial charge in [-0.3, -0.25) is 0 Å². The third kappa shape index (κ3) is 3.93. The number of piperazine rings is 1. The Morgan fingerprint density at radius 3 is 2.20 bits per heavy atom. The largest absolute Gasteiger partial charge is 0.393 e. The molecular weight excluding hydrogens is 276 g/mol. The van der Waals surface area contributed by atoms with E-state index in [0.717, 1.165) is 26.1 Å². The maximum Gasteiger partial charge on any atom is 0.211 e. The van der Waals surface area contributed by atoms with Crippen LogP contribution in [0.15, 0.2) is 0 Å². The molecule has 5 nitrogen and oxygen atoms in total. The quantitative estimate of drug-likeness (QED) is 0.830. The van der Waals surface area contributed by atoms with Gasteiger partial charge >= 0.3 is 0 Å². The van der Waals surface area contributed by atoms with Gasteiger partial charge in [0.05, 0.1) is 12.4 Å². The van der Waals surface area contributed by atoms with Crippen LogP contribution in [0.25, 0.3) is 0 Å². The van der Waals surface area contributed by atoms with Crippen LogP contribution in [0.5, 0.6) is 0 Å². The first-order chi connectivity index (χ1) is 9.27. The standard InChI is InChI=1S/C14H28N2O3S/c1-11-8-12(2)13(14(17)9-11)10-15-4-6-16(7-5-15)20(3,18)19/h11-14,17H,4-10H2,1-3H3. The molecule has 4 atom stereocenters. The smallest absolute Gasteiger partial charge is 0.211 e. The molecule has 2 fully saturated rings. The van der Waals surface area contributed by atoms with Crippen molar-refractivity contribution in [1.82, 2.24) is 9.21 Å². The molecule has 0 radical (unpaired) electrons. The first-order valence-corrected chi connectivity index (χ1v) is 9.47. The molecule has 2 rings (SSSR count). The fraction of sp³-hybridized carbons (Fsp3) is 1.00. The molecule has 0 spiro atoms. The molecule has 1 aliphatic carbocycles. The molecule has 6 heteroatoms. The molecule has 2 aliphatic rings. The summed E-state index contributed by atoms with van der Waals surface area (Å²) in [4.78, 5) is 2.31. The third-order valence-corrected chi connectivity index (χ3v) is 6.22. The molecule has 1 N–H and O–H groups in total. The fourth-order valence-electron chi connectivity index (χ4n) is 3.72. The van der Waals surface area contributed by atoms with Gasteiger partial charge in [0, 0.05) is 38.6 Å². The van der Waals surface area contributed by atoms with E-state index in [2.05, 4.69) is 18.7 Å². The maximum atomic E-state index is 11.5. The molecule has 1 saturated carbocycles. The van der Waals surface area contributed by atoms with Crippen molar-refractivity contribution in [3.05, 3.63) is 0 Å². The van der Waals surface area contributed by atoms with Crippen molar-refractivity contribution in [3.8, 4) is 0 Å². The average Bonchev–Trinajstić information content (AvgIpc) is 2.33. The van der Waals surface area contributed by atoms with Crippen LogP contribution in [0, 0.1) is 17.8 Å². The van der Waals surface area contributed by atoms with Gasteiger partial charge in [0.2, 0.25) is 10.0 Å². The second-order valence-corrected chi connectivity index (χ2v) is 8.73. The van der Waals surface area contributed by atoms with E-state index in [1.165, 1.54) is 12.7 Å². The highest BCUT2D eigenvalue weighted by Crippen LogP contribution is 2.34. The number of hydrogen-bond donors (Lipinski definition) is 1. The van der Waals surface area contributed by atoms with E-state index >= 15 is 0 Å². The van der Waals surface area contributed by atoms with Crippen molar-refractivity contribution < 1.29 is 13.5 Å².